The fraction of sp³-hybridized carbons (Fsp3) is 0.417. The molecule has 6 nitrogen and oxygen atoms in total. The quantitative estimate of drug-likeness (QED) is 0.374. The van der Waals surface area contributed by atoms with Gasteiger partial charge in [0, 0.05) is 12.7 Å². The Labute approximate surface area is 118 Å². The lowest BCUT2D eigenvalue weighted by atomic mass is 10.2. The van der Waals surface area contributed by atoms with Crippen LogP contribution in [0.25, 0.3) is 0 Å². The summed E-state index contributed by atoms with van der Waals surface area (Å²) in [5.41, 5.74) is 4.47. The van der Waals surface area contributed by atoms with Crippen molar-refractivity contribution < 1.29 is 23.2 Å². The fourth-order valence-corrected chi connectivity index (χ4v) is 2.22. The van der Waals surface area contributed by atoms with Gasteiger partial charge in [0.2, 0.25) is 0 Å². The zero-order valence-electron chi connectivity index (χ0n) is 10.8. The van der Waals surface area contributed by atoms with E-state index in [1.807, 2.05) is 0 Å². The minimum atomic E-state index is -4.50. The number of alkyl halides is 3. The number of amides is 1. The summed E-state index contributed by atoms with van der Waals surface area (Å²) in [7, 11) is 0. The smallest absolute Gasteiger partial charge is 0.409 e. The highest BCUT2D eigenvalue weighted by molar-refractivity contribution is 5.97. The molecule has 1 unspecified atom stereocenters. The van der Waals surface area contributed by atoms with E-state index >= 15 is 0 Å². The van der Waals surface area contributed by atoms with Crippen molar-refractivity contribution in [1.29, 1.82) is 0 Å². The average molecular weight is 302 g/mol. The molecule has 21 heavy (non-hydrogen) atoms. The zero-order valence-corrected chi connectivity index (χ0v) is 10.8. The standard InChI is InChI=1S/C12H13F3N4O2/c13-12(14,15)7-3-4-8(17-6-7)11(20)19-5-1-2-9(19)10(16)18-21/h3-4,6,9,21H,1-2,5H2,(H2,16,18). The van der Waals surface area contributed by atoms with Crippen LogP contribution in [-0.2, 0) is 6.18 Å². The molecule has 0 aliphatic carbocycles. The molecular formula is C12H13F3N4O2. The number of oxime groups is 1. The van der Waals surface area contributed by atoms with E-state index in [0.29, 0.717) is 25.6 Å². The van der Waals surface area contributed by atoms with E-state index in [4.69, 9.17) is 10.9 Å². The van der Waals surface area contributed by atoms with Crippen molar-refractivity contribution in [3.05, 3.63) is 29.6 Å². The predicted molar refractivity (Wildman–Crippen MR) is 66.7 cm³/mol. The Balaban J connectivity index is 2.20. The number of aromatic nitrogens is 1. The van der Waals surface area contributed by atoms with Gasteiger partial charge >= 0.3 is 6.18 Å². The number of hydrogen-bond acceptors (Lipinski definition) is 4. The van der Waals surface area contributed by atoms with Crippen LogP contribution in [0.3, 0.4) is 0 Å². The lowest BCUT2D eigenvalue weighted by molar-refractivity contribution is -0.137. The van der Waals surface area contributed by atoms with Crippen LogP contribution in [-0.4, -0.2) is 39.4 Å². The van der Waals surface area contributed by atoms with Gasteiger partial charge in [-0.3, -0.25) is 9.78 Å². The van der Waals surface area contributed by atoms with Gasteiger partial charge in [-0.2, -0.15) is 13.2 Å². The number of rotatable bonds is 2. The number of hydrogen-bond donors (Lipinski definition) is 2. The van der Waals surface area contributed by atoms with Crippen LogP contribution in [0.4, 0.5) is 13.2 Å². The third-order valence-electron chi connectivity index (χ3n) is 3.28. The summed E-state index contributed by atoms with van der Waals surface area (Å²) in [6.07, 6.45) is -2.70. The molecule has 9 heteroatoms. The molecule has 0 radical (unpaired) electrons. The SMILES string of the molecule is N/C(=N/O)C1CCCN1C(=O)c1ccc(C(F)(F)F)cn1. The normalized spacial score (nSPS) is 19.9. The summed E-state index contributed by atoms with van der Waals surface area (Å²) in [4.78, 5) is 17.1. The number of carbonyl (C=O) groups excluding carboxylic acids is 1. The van der Waals surface area contributed by atoms with Gasteiger partial charge in [0.05, 0.1) is 11.6 Å². The van der Waals surface area contributed by atoms with Gasteiger partial charge in [-0.05, 0) is 25.0 Å². The van der Waals surface area contributed by atoms with Crippen molar-refractivity contribution in [2.24, 2.45) is 10.9 Å². The van der Waals surface area contributed by atoms with E-state index in [0.717, 1.165) is 12.1 Å². The number of amidine groups is 1. The highest BCUT2D eigenvalue weighted by Crippen LogP contribution is 2.28. The molecule has 0 bridgehead atoms. The maximum Gasteiger partial charge on any atom is 0.417 e. The first-order valence-electron chi connectivity index (χ1n) is 6.16. The number of likely N-dealkylation sites (tertiary alicyclic amines) is 1. The maximum atomic E-state index is 12.4. The Morgan fingerprint density at radius 1 is 1.48 bits per heavy atom. The largest absolute Gasteiger partial charge is 0.417 e. The second-order valence-electron chi connectivity index (χ2n) is 4.61. The van der Waals surface area contributed by atoms with Gasteiger partial charge in [-0.25, -0.2) is 0 Å². The first-order chi connectivity index (χ1) is 9.84. The van der Waals surface area contributed by atoms with E-state index in [-0.39, 0.29) is 11.5 Å². The van der Waals surface area contributed by atoms with Gasteiger partial charge in [-0.15, -0.1) is 0 Å². The summed E-state index contributed by atoms with van der Waals surface area (Å²) in [6, 6.07) is 1.26. The van der Waals surface area contributed by atoms with Crippen molar-refractivity contribution in [3.8, 4) is 0 Å². The van der Waals surface area contributed by atoms with E-state index in [1.54, 1.807) is 0 Å². The Morgan fingerprint density at radius 2 is 2.19 bits per heavy atom. The van der Waals surface area contributed by atoms with Crippen LogP contribution >= 0.6 is 0 Å². The number of nitrogens with two attached hydrogens (primary N) is 1. The number of pyridine rings is 1. The lowest BCUT2D eigenvalue weighted by Gasteiger charge is -2.23. The topological polar surface area (TPSA) is 91.8 Å². The summed E-state index contributed by atoms with van der Waals surface area (Å²) in [5, 5.41) is 11.6. The Hall–Kier alpha value is -2.32. The van der Waals surface area contributed by atoms with E-state index in [1.165, 1.54) is 4.90 Å². The summed E-state index contributed by atoms with van der Waals surface area (Å²) >= 11 is 0. The summed E-state index contributed by atoms with van der Waals surface area (Å²) in [5.74, 6) is -0.648. The van der Waals surface area contributed by atoms with Crippen LogP contribution in [0.5, 0.6) is 0 Å². The van der Waals surface area contributed by atoms with Gasteiger partial charge < -0.3 is 15.8 Å². The van der Waals surface area contributed by atoms with E-state index < -0.39 is 23.7 Å². The van der Waals surface area contributed by atoms with Crippen LogP contribution in [0.2, 0.25) is 0 Å². The monoisotopic (exact) mass is 302 g/mol. The Kier molecular flexibility index (Phi) is 4.01. The number of carbonyl (C=O) groups is 1. The summed E-state index contributed by atoms with van der Waals surface area (Å²) in [6.45, 7) is 0.377. The predicted octanol–water partition coefficient (Wildman–Crippen LogP) is 1.45. The minimum absolute atomic E-state index is 0.104. The fourth-order valence-electron chi connectivity index (χ4n) is 2.22. The molecule has 114 valence electrons. The average Bonchev–Trinajstić information content (AvgIpc) is 2.94. The van der Waals surface area contributed by atoms with E-state index in [9.17, 15) is 18.0 Å². The molecule has 0 spiro atoms. The van der Waals surface area contributed by atoms with Crippen molar-refractivity contribution in [1.82, 2.24) is 9.88 Å². The van der Waals surface area contributed by atoms with Crippen LogP contribution in [0.15, 0.2) is 23.5 Å². The first-order valence-corrected chi connectivity index (χ1v) is 6.16. The van der Waals surface area contributed by atoms with Crippen molar-refractivity contribution in [2.45, 2.75) is 25.1 Å². The lowest BCUT2D eigenvalue weighted by Crippen LogP contribution is -2.44. The second kappa shape index (κ2) is 5.58. The van der Waals surface area contributed by atoms with E-state index in [2.05, 4.69) is 10.1 Å². The molecule has 1 atom stereocenters. The molecule has 3 N–H and O–H groups in total. The molecule has 2 heterocycles. The van der Waals surface area contributed by atoms with Gasteiger partial charge in [-0.1, -0.05) is 5.16 Å². The second-order valence-corrected chi connectivity index (χ2v) is 4.61. The minimum Gasteiger partial charge on any atom is -0.409 e. The molecule has 1 aromatic rings. The maximum absolute atomic E-state index is 12.4. The van der Waals surface area contributed by atoms with Crippen molar-refractivity contribution >= 4 is 11.7 Å². The van der Waals surface area contributed by atoms with Gasteiger partial charge in [0.15, 0.2) is 5.84 Å². The third kappa shape index (κ3) is 3.06. The first kappa shape index (κ1) is 15.1. The molecule has 1 amide bonds. The molecule has 1 saturated heterocycles. The number of halogens is 3. The van der Waals surface area contributed by atoms with Crippen LogP contribution in [0.1, 0.15) is 28.9 Å². The third-order valence-corrected chi connectivity index (χ3v) is 3.28. The zero-order chi connectivity index (χ0) is 15.6. The molecule has 0 saturated carbocycles. The van der Waals surface area contributed by atoms with Crippen molar-refractivity contribution in [2.75, 3.05) is 6.54 Å². The van der Waals surface area contributed by atoms with Crippen LogP contribution < -0.4 is 5.73 Å². The molecule has 1 fully saturated rings. The highest BCUT2D eigenvalue weighted by atomic mass is 19.4. The van der Waals surface area contributed by atoms with Gasteiger partial charge in [0.25, 0.3) is 5.91 Å². The molecule has 1 aliphatic heterocycles. The molecule has 1 aliphatic rings. The molecular weight excluding hydrogens is 289 g/mol. The highest BCUT2D eigenvalue weighted by Gasteiger charge is 2.34. The van der Waals surface area contributed by atoms with Crippen molar-refractivity contribution in [3.63, 3.8) is 0 Å². The van der Waals surface area contributed by atoms with Crippen LogP contribution in [0, 0.1) is 0 Å². The number of nitrogens with zero attached hydrogens (tertiary/aromatic N) is 3. The molecule has 2 rings (SSSR count). The Bertz CT molecular complexity index is 557. The Morgan fingerprint density at radius 3 is 2.71 bits per heavy atom. The molecule has 0 aromatic carbocycles. The summed E-state index contributed by atoms with van der Waals surface area (Å²) < 4.78 is 37.3. The van der Waals surface area contributed by atoms with Gasteiger partial charge in [0.1, 0.15) is 5.69 Å². The molecule has 1 aromatic heterocycles.